The molecule has 0 aromatic carbocycles. The maximum absolute atomic E-state index is 3.12. The summed E-state index contributed by atoms with van der Waals surface area (Å²) in [5.74, 6) is 0. The first kappa shape index (κ1) is 9.74. The molecule has 0 aromatic heterocycles. The van der Waals surface area contributed by atoms with Gasteiger partial charge in [-0.3, -0.25) is 14.6 Å². The van der Waals surface area contributed by atoms with Gasteiger partial charge in [0.25, 0.3) is 0 Å². The molecule has 0 aromatic rings. The van der Waals surface area contributed by atoms with Gasteiger partial charge in [-0.1, -0.05) is 0 Å². The van der Waals surface area contributed by atoms with Gasteiger partial charge < -0.3 is 2.85 Å². The summed E-state index contributed by atoms with van der Waals surface area (Å²) in [5.41, 5.74) is 0. The van der Waals surface area contributed by atoms with Gasteiger partial charge in [-0.2, -0.15) is 0 Å². The first-order chi connectivity index (χ1) is 3.00. The van der Waals surface area contributed by atoms with Crippen LogP contribution in [0, 0.1) is 0 Å². The normalized spacial score (nSPS) is 30.9. The molecule has 0 atom stereocenters. The Bertz CT molecular complexity index is 32.5. The van der Waals surface area contributed by atoms with E-state index >= 15 is 0 Å². The van der Waals surface area contributed by atoms with Crippen LogP contribution in [0.15, 0.2) is 0 Å². The van der Waals surface area contributed by atoms with Gasteiger partial charge in [-0.05, 0) is 0 Å². The van der Waals surface area contributed by atoms with Gasteiger partial charge in [0, 0.05) is 26.6 Å². The van der Waals surface area contributed by atoms with Crippen LogP contribution in [-0.2, 0) is 0 Å². The van der Waals surface area contributed by atoms with Crippen LogP contribution in [0.25, 0.3) is 0 Å². The summed E-state index contributed by atoms with van der Waals surface area (Å²) in [6, 6.07) is 0. The van der Waals surface area contributed by atoms with Crippen molar-refractivity contribution in [3.8, 4) is 0 Å². The van der Waals surface area contributed by atoms with Gasteiger partial charge in [0.05, 0.1) is 0 Å². The molecular weight excluding hydrogens is 272 g/mol. The predicted molar refractivity (Wildman–Crippen MR) is 42.3 cm³/mol. The summed E-state index contributed by atoms with van der Waals surface area (Å²) in [5, 5.41) is 0. The zero-order chi connectivity index (χ0) is 4.24. The van der Waals surface area contributed by atoms with Crippen molar-refractivity contribution in [1.29, 1.82) is 0 Å². The number of hydrogen-bond acceptors (Lipinski definition) is 3. The molecular formula is H8BaN3P3. The largest absolute Gasteiger partial charge is 2.00 e. The Morgan fingerprint density at radius 1 is 0.857 bits per heavy atom. The van der Waals surface area contributed by atoms with Gasteiger partial charge in [0.2, 0.25) is 0 Å². The molecule has 7 heteroatoms. The van der Waals surface area contributed by atoms with Crippen molar-refractivity contribution in [2.24, 2.45) is 0 Å². The summed E-state index contributed by atoms with van der Waals surface area (Å²) in [6.07, 6.45) is 0. The second-order valence-corrected chi connectivity index (χ2v) is 4.50. The molecule has 1 saturated heterocycles. The van der Waals surface area contributed by atoms with Gasteiger partial charge in [-0.25, -0.2) is 0 Å². The molecule has 0 saturated carbocycles. The van der Waals surface area contributed by atoms with Gasteiger partial charge in [-0.15, -0.1) is 0 Å². The quantitative estimate of drug-likeness (QED) is 0.436. The van der Waals surface area contributed by atoms with E-state index in [1.165, 1.54) is 0 Å². The Morgan fingerprint density at radius 3 is 1.29 bits per heavy atom. The Kier molecular flexibility index (Phi) is 9.54. The Labute approximate surface area is 91.6 Å². The van der Waals surface area contributed by atoms with Gasteiger partial charge >= 0.3 is 48.9 Å². The van der Waals surface area contributed by atoms with Crippen molar-refractivity contribution in [2.45, 2.75) is 0 Å². The van der Waals surface area contributed by atoms with E-state index in [0.29, 0.717) is 0 Å². The summed E-state index contributed by atoms with van der Waals surface area (Å²) in [4.78, 5) is 9.38. The first-order valence-corrected chi connectivity index (χ1v) is 4.50. The van der Waals surface area contributed by atoms with Crippen LogP contribution in [0.1, 0.15) is 2.85 Å². The van der Waals surface area contributed by atoms with E-state index in [2.05, 4.69) is 14.6 Å². The fraction of sp³-hybridized carbons (Fsp3) is 0. The van der Waals surface area contributed by atoms with E-state index in [9.17, 15) is 0 Å². The molecule has 0 amide bonds. The number of hydrogen-bond donors (Lipinski definition) is 3. The molecule has 3 N–H and O–H groups in total. The van der Waals surface area contributed by atoms with Crippen LogP contribution in [0.2, 0.25) is 0 Å². The summed E-state index contributed by atoms with van der Waals surface area (Å²) in [6.45, 7) is 0. The average Bonchev–Trinajstić information content (AvgIpc) is 1.72. The molecule has 0 unspecified atom stereocenters. The minimum absolute atomic E-state index is 0. The van der Waals surface area contributed by atoms with E-state index in [1.807, 2.05) is 0 Å². The molecule has 1 rings (SSSR count). The topological polar surface area (TPSA) is 36.1 Å². The number of nitrogens with one attached hydrogen (secondary N) is 3. The molecule has 40 valence electrons. The Balaban J connectivity index is -0.000000120. The smallest absolute Gasteiger partial charge is 1.00 e. The fourth-order valence-electron chi connectivity index (χ4n) is 0.188. The molecule has 0 spiro atoms. The molecule has 0 radical (unpaired) electrons. The maximum Gasteiger partial charge on any atom is 2.00 e. The van der Waals surface area contributed by atoms with Crippen LogP contribution >= 0.6 is 26.6 Å². The molecule has 3 nitrogen and oxygen atoms in total. The van der Waals surface area contributed by atoms with E-state index < -0.39 is 0 Å². The molecule has 0 bridgehead atoms. The minimum Gasteiger partial charge on any atom is -1.00 e. The van der Waals surface area contributed by atoms with Crippen molar-refractivity contribution < 1.29 is 2.85 Å². The Morgan fingerprint density at radius 2 is 1.14 bits per heavy atom. The van der Waals surface area contributed by atoms with Crippen molar-refractivity contribution >= 4 is 75.5 Å². The monoisotopic (exact) mass is 281 g/mol. The minimum atomic E-state index is 0. The fourth-order valence-corrected chi connectivity index (χ4v) is 3.38. The van der Waals surface area contributed by atoms with Crippen molar-refractivity contribution in [1.82, 2.24) is 14.6 Å². The second-order valence-electron chi connectivity index (χ2n) is 0.750. The summed E-state index contributed by atoms with van der Waals surface area (Å²) in [7, 11) is 2.29. The van der Waals surface area contributed by atoms with Crippen LogP contribution in [-0.4, -0.2) is 48.9 Å². The van der Waals surface area contributed by atoms with E-state index in [-0.39, 0.29) is 51.7 Å². The third-order valence-electron chi connectivity index (χ3n) is 0.375. The van der Waals surface area contributed by atoms with E-state index in [4.69, 9.17) is 0 Å². The van der Waals surface area contributed by atoms with Gasteiger partial charge in [0.15, 0.2) is 0 Å². The van der Waals surface area contributed by atoms with Crippen LogP contribution in [0.5, 0.6) is 0 Å². The SMILES string of the molecule is N1PNPNP1.[Ba+2].[H-].[H-]. The summed E-state index contributed by atoms with van der Waals surface area (Å²) < 4.78 is 0. The molecule has 1 aliphatic rings. The van der Waals surface area contributed by atoms with Crippen molar-refractivity contribution in [3.63, 3.8) is 0 Å². The zero-order valence-corrected chi connectivity index (χ0v) is 11.1. The first-order valence-electron chi connectivity index (χ1n) is 1.50. The zero-order valence-electron chi connectivity index (χ0n) is 5.71. The average molecular weight is 280 g/mol. The molecule has 1 aliphatic heterocycles. The van der Waals surface area contributed by atoms with E-state index in [1.54, 1.807) is 0 Å². The van der Waals surface area contributed by atoms with Crippen molar-refractivity contribution in [2.75, 3.05) is 0 Å². The van der Waals surface area contributed by atoms with Crippen LogP contribution in [0.3, 0.4) is 0 Å². The van der Waals surface area contributed by atoms with Gasteiger partial charge in [0.1, 0.15) is 0 Å². The predicted octanol–water partition coefficient (Wildman–Crippen LogP) is 0.138. The third-order valence-corrected chi connectivity index (χ3v) is 3.38. The Hall–Kier alpha value is 2.74. The number of rotatable bonds is 0. The standard InChI is InChI=1S/Ba.H6N3P3.2H/c;1-4-2-6-3-5-1;;/h;1-6H;;/q+2;;2*-1. The molecule has 1 heterocycles. The molecule has 7 heavy (non-hydrogen) atoms. The third kappa shape index (κ3) is 5.20. The molecule has 1 fully saturated rings. The van der Waals surface area contributed by atoms with Crippen LogP contribution in [0.4, 0.5) is 0 Å². The summed E-state index contributed by atoms with van der Waals surface area (Å²) >= 11 is 0. The second kappa shape index (κ2) is 6.86. The van der Waals surface area contributed by atoms with Crippen LogP contribution < -0.4 is 14.6 Å². The van der Waals surface area contributed by atoms with E-state index in [0.717, 1.165) is 26.6 Å². The molecule has 0 aliphatic carbocycles. The maximum atomic E-state index is 3.12. The van der Waals surface area contributed by atoms with Crippen molar-refractivity contribution in [3.05, 3.63) is 0 Å².